The van der Waals surface area contributed by atoms with E-state index in [1.165, 1.54) is 12.1 Å². The average Bonchev–Trinajstić information content (AvgIpc) is 3.34. The van der Waals surface area contributed by atoms with Crippen LogP contribution in [0.4, 0.5) is 0 Å². The van der Waals surface area contributed by atoms with Crippen molar-refractivity contribution < 1.29 is 27.8 Å². The van der Waals surface area contributed by atoms with Crippen LogP contribution in [0, 0.1) is 0 Å². The van der Waals surface area contributed by atoms with Gasteiger partial charge >= 0.3 is 0 Å². The first-order chi connectivity index (χ1) is 14.8. The fraction of sp³-hybridized carbons (Fsp3) is 0.600. The maximum absolute atomic E-state index is 12.9. The Balaban J connectivity index is 1.36. The smallest absolute Gasteiger partial charge is 0.243 e. The standard InChI is InChI=1S/C20H28N4O6S/c1-29-12-18-21-22-19(30-18)15-7-9-23(10-8-15)13-20(26)14-24(11-17(20)25)31(27,28)16-5-3-2-4-6-16/h2-6,15,17,25-26H,7-14H2,1H3/t17-,20+/m1/s1. The van der Waals surface area contributed by atoms with Crippen LogP contribution in [0.1, 0.15) is 30.5 Å². The Kier molecular flexibility index (Phi) is 6.42. The van der Waals surface area contributed by atoms with Crippen LogP contribution in [-0.4, -0.2) is 89.6 Å². The number of aliphatic hydroxyl groups is 2. The average molecular weight is 453 g/mol. The van der Waals surface area contributed by atoms with Crippen molar-refractivity contribution in [2.24, 2.45) is 0 Å². The summed E-state index contributed by atoms with van der Waals surface area (Å²) in [5.41, 5.74) is -1.52. The Morgan fingerprint density at radius 3 is 2.61 bits per heavy atom. The van der Waals surface area contributed by atoms with Gasteiger partial charge in [-0.3, -0.25) is 0 Å². The molecule has 2 atom stereocenters. The molecule has 2 fully saturated rings. The van der Waals surface area contributed by atoms with E-state index >= 15 is 0 Å². The molecule has 0 aliphatic carbocycles. The van der Waals surface area contributed by atoms with Crippen LogP contribution in [-0.2, 0) is 21.4 Å². The van der Waals surface area contributed by atoms with Gasteiger partial charge in [-0.05, 0) is 38.1 Å². The lowest BCUT2D eigenvalue weighted by Crippen LogP contribution is -2.53. The quantitative estimate of drug-likeness (QED) is 0.605. The molecule has 2 aromatic rings. The highest BCUT2D eigenvalue weighted by Crippen LogP contribution is 2.32. The van der Waals surface area contributed by atoms with Crippen LogP contribution in [0.15, 0.2) is 39.6 Å². The normalized spacial score (nSPS) is 26.5. The minimum Gasteiger partial charge on any atom is -0.422 e. The molecular weight excluding hydrogens is 424 g/mol. The number of sulfonamides is 1. The molecule has 11 heteroatoms. The molecular formula is C20H28N4O6S. The molecule has 0 unspecified atom stereocenters. The van der Waals surface area contributed by atoms with Gasteiger partial charge in [0.15, 0.2) is 0 Å². The zero-order valence-corrected chi connectivity index (χ0v) is 18.2. The highest BCUT2D eigenvalue weighted by Gasteiger charge is 2.49. The molecule has 2 saturated heterocycles. The first kappa shape index (κ1) is 22.3. The van der Waals surface area contributed by atoms with Crippen molar-refractivity contribution in [2.45, 2.75) is 42.0 Å². The number of aliphatic hydroxyl groups excluding tert-OH is 1. The van der Waals surface area contributed by atoms with E-state index in [9.17, 15) is 18.6 Å². The minimum absolute atomic E-state index is 0.131. The lowest BCUT2D eigenvalue weighted by molar-refractivity contribution is -0.0642. The molecule has 0 radical (unpaired) electrons. The minimum atomic E-state index is -3.77. The van der Waals surface area contributed by atoms with Gasteiger partial charge in [-0.25, -0.2) is 8.42 Å². The Hall–Kier alpha value is -1.89. The SMILES string of the molecule is COCc1nnc(C2CCN(C[C@]3(O)CN(S(=O)(=O)c4ccccc4)C[C@H]3O)CC2)o1. The van der Waals surface area contributed by atoms with Crippen LogP contribution in [0.25, 0.3) is 0 Å². The van der Waals surface area contributed by atoms with Crippen LogP contribution in [0.3, 0.4) is 0 Å². The van der Waals surface area contributed by atoms with Crippen LogP contribution >= 0.6 is 0 Å². The predicted octanol–water partition coefficient (Wildman–Crippen LogP) is 0.192. The summed E-state index contributed by atoms with van der Waals surface area (Å²) in [6, 6.07) is 8.07. The van der Waals surface area contributed by atoms with Gasteiger partial charge in [0, 0.05) is 32.7 Å². The van der Waals surface area contributed by atoms with Gasteiger partial charge in [-0.15, -0.1) is 10.2 Å². The summed E-state index contributed by atoms with van der Waals surface area (Å²) in [5.74, 6) is 1.17. The predicted molar refractivity (Wildman–Crippen MR) is 110 cm³/mol. The Morgan fingerprint density at radius 2 is 1.94 bits per heavy atom. The number of hydrogen-bond donors (Lipinski definition) is 2. The van der Waals surface area contributed by atoms with Crippen LogP contribution in [0.2, 0.25) is 0 Å². The molecule has 0 amide bonds. The van der Waals surface area contributed by atoms with Gasteiger partial charge in [-0.2, -0.15) is 4.31 Å². The summed E-state index contributed by atoms with van der Waals surface area (Å²) in [4.78, 5) is 2.20. The molecule has 4 rings (SSSR count). The van der Waals surface area contributed by atoms with E-state index in [1.54, 1.807) is 25.3 Å². The highest BCUT2D eigenvalue weighted by molar-refractivity contribution is 7.89. The third-order valence-corrected chi connectivity index (χ3v) is 7.84. The van der Waals surface area contributed by atoms with E-state index in [4.69, 9.17) is 9.15 Å². The second kappa shape index (κ2) is 8.93. The number of rotatable bonds is 7. The number of methoxy groups -OCH3 is 1. The highest BCUT2D eigenvalue weighted by atomic mass is 32.2. The second-order valence-corrected chi connectivity index (χ2v) is 10.2. The van der Waals surface area contributed by atoms with E-state index in [0.717, 1.165) is 17.1 Å². The molecule has 0 spiro atoms. The van der Waals surface area contributed by atoms with Gasteiger partial charge < -0.3 is 24.3 Å². The summed E-state index contributed by atoms with van der Waals surface area (Å²) >= 11 is 0. The molecule has 1 aromatic carbocycles. The number of piperidine rings is 1. The Labute approximate surface area is 181 Å². The van der Waals surface area contributed by atoms with Gasteiger partial charge in [-0.1, -0.05) is 18.2 Å². The number of ether oxygens (including phenoxy) is 1. The maximum Gasteiger partial charge on any atom is 0.243 e. The van der Waals surface area contributed by atoms with Crippen molar-refractivity contribution in [3.63, 3.8) is 0 Å². The first-order valence-corrected chi connectivity index (χ1v) is 11.7. The number of benzene rings is 1. The van der Waals surface area contributed by atoms with Crippen molar-refractivity contribution in [2.75, 3.05) is 39.8 Å². The number of nitrogens with zero attached hydrogens (tertiary/aromatic N) is 4. The third-order valence-electron chi connectivity index (χ3n) is 6.01. The van der Waals surface area contributed by atoms with Crippen LogP contribution in [0.5, 0.6) is 0 Å². The number of β-amino-alcohol motifs (C(OH)–C–C–N with tert-alkyl or cyclic N) is 2. The number of likely N-dealkylation sites (tertiary alicyclic amines) is 1. The summed E-state index contributed by atoms with van der Waals surface area (Å²) in [7, 11) is -2.21. The molecule has 2 aliphatic rings. The summed E-state index contributed by atoms with van der Waals surface area (Å²) in [6.07, 6.45) is 0.385. The topological polar surface area (TPSA) is 129 Å². The summed E-state index contributed by atoms with van der Waals surface area (Å²) < 4.78 is 37.5. The van der Waals surface area contributed by atoms with Gasteiger partial charge in [0.05, 0.1) is 11.0 Å². The van der Waals surface area contributed by atoms with Gasteiger partial charge in [0.2, 0.25) is 21.8 Å². The summed E-state index contributed by atoms with van der Waals surface area (Å²) in [5, 5.41) is 29.7. The number of aromatic nitrogens is 2. The molecule has 2 aliphatic heterocycles. The molecule has 2 N–H and O–H groups in total. The van der Waals surface area contributed by atoms with E-state index in [1.807, 2.05) is 4.90 Å². The molecule has 0 saturated carbocycles. The zero-order chi connectivity index (χ0) is 22.1. The molecule has 1 aromatic heterocycles. The first-order valence-electron chi connectivity index (χ1n) is 10.3. The fourth-order valence-corrected chi connectivity index (χ4v) is 5.79. The molecule has 10 nitrogen and oxygen atoms in total. The van der Waals surface area contributed by atoms with Crippen molar-refractivity contribution in [1.82, 2.24) is 19.4 Å². The monoisotopic (exact) mass is 452 g/mol. The second-order valence-electron chi connectivity index (χ2n) is 8.25. The van der Waals surface area contributed by atoms with Gasteiger partial charge in [0.1, 0.15) is 12.2 Å². The van der Waals surface area contributed by atoms with E-state index < -0.39 is 21.7 Å². The Morgan fingerprint density at radius 1 is 1.23 bits per heavy atom. The fourth-order valence-electron chi connectivity index (χ4n) is 4.26. The molecule has 31 heavy (non-hydrogen) atoms. The maximum atomic E-state index is 12.9. The molecule has 0 bridgehead atoms. The van der Waals surface area contributed by atoms with Crippen molar-refractivity contribution >= 4 is 10.0 Å². The lowest BCUT2D eigenvalue weighted by atomic mass is 9.94. The third kappa shape index (κ3) is 4.66. The number of hydrogen-bond acceptors (Lipinski definition) is 9. The zero-order valence-electron chi connectivity index (χ0n) is 17.4. The summed E-state index contributed by atoms with van der Waals surface area (Å²) in [6.45, 7) is 1.55. The van der Waals surface area contributed by atoms with E-state index in [0.29, 0.717) is 24.9 Å². The van der Waals surface area contributed by atoms with Crippen molar-refractivity contribution in [1.29, 1.82) is 0 Å². The van der Waals surface area contributed by atoms with Crippen LogP contribution < -0.4 is 0 Å². The van der Waals surface area contributed by atoms with Crippen molar-refractivity contribution in [3.05, 3.63) is 42.1 Å². The van der Waals surface area contributed by atoms with Crippen molar-refractivity contribution in [3.8, 4) is 0 Å². The largest absolute Gasteiger partial charge is 0.422 e. The lowest BCUT2D eigenvalue weighted by Gasteiger charge is -2.36. The van der Waals surface area contributed by atoms with E-state index in [-0.39, 0.29) is 37.1 Å². The molecule has 170 valence electrons. The van der Waals surface area contributed by atoms with E-state index in [2.05, 4.69) is 10.2 Å². The van der Waals surface area contributed by atoms with Gasteiger partial charge in [0.25, 0.3) is 0 Å². The Bertz CT molecular complexity index is 977. The molecule has 3 heterocycles.